The number of hydrogen-bond donors (Lipinski definition) is 2. The Morgan fingerprint density at radius 1 is 1.59 bits per heavy atom. The van der Waals surface area contributed by atoms with Crippen LogP contribution in [0.2, 0.25) is 0 Å². The number of fused-ring (bicyclic) bond motifs is 1. The molecule has 1 unspecified atom stereocenters. The Morgan fingerprint density at radius 3 is 3.00 bits per heavy atom. The first-order valence-electron chi connectivity index (χ1n) is 5.74. The largest absolute Gasteiger partial charge is 0.496 e. The first-order chi connectivity index (χ1) is 8.11. The number of nitrogens with one attached hydrogen (secondary N) is 1. The lowest BCUT2D eigenvalue weighted by Crippen LogP contribution is -2.31. The van der Waals surface area contributed by atoms with Gasteiger partial charge < -0.3 is 15.2 Å². The molecular weight excluding hydrogens is 218 g/mol. The molecule has 2 N–H and O–H groups in total. The molecule has 1 atom stereocenters. The van der Waals surface area contributed by atoms with Crippen LogP contribution >= 0.6 is 0 Å². The molecule has 17 heavy (non-hydrogen) atoms. The van der Waals surface area contributed by atoms with Gasteiger partial charge >= 0.3 is 5.97 Å². The highest BCUT2D eigenvalue weighted by Gasteiger charge is 2.23. The number of methoxy groups -OCH3 is 1. The number of carboxylic acid groups (broad SMARTS) is 1. The van der Waals surface area contributed by atoms with Crippen LogP contribution in [0.25, 0.3) is 0 Å². The second-order valence-corrected chi connectivity index (χ2v) is 4.38. The molecule has 4 heteroatoms. The average molecular weight is 235 g/mol. The summed E-state index contributed by atoms with van der Waals surface area (Å²) in [7, 11) is 1.64. The van der Waals surface area contributed by atoms with E-state index in [0.717, 1.165) is 29.8 Å². The molecule has 0 saturated heterocycles. The third kappa shape index (κ3) is 2.42. The molecule has 0 aliphatic carbocycles. The lowest BCUT2D eigenvalue weighted by Gasteiger charge is -2.27. The third-order valence-corrected chi connectivity index (χ3v) is 3.20. The summed E-state index contributed by atoms with van der Waals surface area (Å²) in [5.74, 6) is 0.0396. The first kappa shape index (κ1) is 11.9. The van der Waals surface area contributed by atoms with Gasteiger partial charge in [0.25, 0.3) is 0 Å². The molecule has 0 amide bonds. The summed E-state index contributed by atoms with van der Waals surface area (Å²) in [6, 6.07) is 3.96. The zero-order valence-electron chi connectivity index (χ0n) is 10.1. The number of benzene rings is 1. The van der Waals surface area contributed by atoms with E-state index in [1.807, 2.05) is 13.0 Å². The number of ether oxygens (including phenoxy) is 1. The number of carbonyl (C=O) groups is 1. The van der Waals surface area contributed by atoms with Crippen LogP contribution in [-0.4, -0.2) is 24.7 Å². The Bertz CT molecular complexity index is 443. The van der Waals surface area contributed by atoms with Crippen molar-refractivity contribution in [1.82, 2.24) is 5.32 Å². The SMILES string of the molecule is COc1cc2c(cc1C)CCNC2CC(=O)O. The van der Waals surface area contributed by atoms with Gasteiger partial charge in [0.2, 0.25) is 0 Å². The van der Waals surface area contributed by atoms with Crippen molar-refractivity contribution in [1.29, 1.82) is 0 Å². The summed E-state index contributed by atoms with van der Waals surface area (Å²) in [6.07, 6.45) is 1.05. The minimum absolute atomic E-state index is 0.106. The van der Waals surface area contributed by atoms with E-state index in [9.17, 15) is 4.79 Å². The van der Waals surface area contributed by atoms with Crippen LogP contribution in [0, 0.1) is 6.92 Å². The Morgan fingerprint density at radius 2 is 2.35 bits per heavy atom. The summed E-state index contributed by atoms with van der Waals surface area (Å²) in [5.41, 5.74) is 3.39. The maximum Gasteiger partial charge on any atom is 0.305 e. The predicted octanol–water partition coefficient (Wildman–Crippen LogP) is 1.67. The highest BCUT2D eigenvalue weighted by molar-refractivity contribution is 5.68. The van der Waals surface area contributed by atoms with E-state index >= 15 is 0 Å². The van der Waals surface area contributed by atoms with Crippen LogP contribution in [0.5, 0.6) is 5.75 Å². The Labute approximate surface area is 101 Å². The molecule has 4 nitrogen and oxygen atoms in total. The van der Waals surface area contributed by atoms with Gasteiger partial charge in [-0.05, 0) is 42.6 Å². The topological polar surface area (TPSA) is 58.6 Å². The molecule has 2 rings (SSSR count). The van der Waals surface area contributed by atoms with Gasteiger partial charge in [-0.3, -0.25) is 4.79 Å². The Kier molecular flexibility index (Phi) is 3.33. The monoisotopic (exact) mass is 235 g/mol. The Balaban J connectivity index is 2.38. The number of aryl methyl sites for hydroxylation is 1. The van der Waals surface area contributed by atoms with E-state index in [0.29, 0.717) is 0 Å². The summed E-state index contributed by atoms with van der Waals surface area (Å²) in [4.78, 5) is 10.8. The fourth-order valence-corrected chi connectivity index (χ4v) is 2.37. The van der Waals surface area contributed by atoms with Crippen molar-refractivity contribution in [2.45, 2.75) is 25.8 Å². The van der Waals surface area contributed by atoms with Gasteiger partial charge in [-0.15, -0.1) is 0 Å². The van der Waals surface area contributed by atoms with E-state index in [1.54, 1.807) is 7.11 Å². The number of carboxylic acids is 1. The smallest absolute Gasteiger partial charge is 0.305 e. The minimum atomic E-state index is -0.783. The van der Waals surface area contributed by atoms with Crippen LogP contribution in [-0.2, 0) is 11.2 Å². The fraction of sp³-hybridized carbons (Fsp3) is 0.462. The van der Waals surface area contributed by atoms with E-state index in [-0.39, 0.29) is 12.5 Å². The molecule has 1 aromatic rings. The highest BCUT2D eigenvalue weighted by Crippen LogP contribution is 2.31. The van der Waals surface area contributed by atoms with Crippen LogP contribution < -0.4 is 10.1 Å². The highest BCUT2D eigenvalue weighted by atomic mass is 16.5. The second kappa shape index (κ2) is 4.75. The molecule has 0 spiro atoms. The van der Waals surface area contributed by atoms with Crippen molar-refractivity contribution in [3.05, 3.63) is 28.8 Å². The minimum Gasteiger partial charge on any atom is -0.496 e. The zero-order valence-corrected chi connectivity index (χ0v) is 10.1. The zero-order chi connectivity index (χ0) is 12.4. The van der Waals surface area contributed by atoms with E-state index < -0.39 is 5.97 Å². The second-order valence-electron chi connectivity index (χ2n) is 4.38. The average Bonchev–Trinajstić information content (AvgIpc) is 2.27. The van der Waals surface area contributed by atoms with Gasteiger partial charge in [-0.25, -0.2) is 0 Å². The molecule has 92 valence electrons. The van der Waals surface area contributed by atoms with Crippen molar-refractivity contribution in [2.75, 3.05) is 13.7 Å². The number of rotatable bonds is 3. The lowest BCUT2D eigenvalue weighted by molar-refractivity contribution is -0.137. The summed E-state index contributed by atoms with van der Waals surface area (Å²) in [6.45, 7) is 2.84. The molecule has 1 heterocycles. The van der Waals surface area contributed by atoms with Crippen molar-refractivity contribution in [3.63, 3.8) is 0 Å². The van der Waals surface area contributed by atoms with Crippen LogP contribution in [0.15, 0.2) is 12.1 Å². The third-order valence-electron chi connectivity index (χ3n) is 3.20. The standard InChI is InChI=1S/C13H17NO3/c1-8-5-9-3-4-14-11(7-13(15)16)10(9)6-12(8)17-2/h5-6,11,14H,3-4,7H2,1-2H3,(H,15,16). The Hall–Kier alpha value is -1.55. The maximum absolute atomic E-state index is 10.8. The summed E-state index contributed by atoms with van der Waals surface area (Å²) < 4.78 is 5.29. The normalized spacial score (nSPS) is 18.6. The fourth-order valence-electron chi connectivity index (χ4n) is 2.37. The molecule has 1 aliphatic rings. The number of aliphatic carboxylic acids is 1. The van der Waals surface area contributed by atoms with E-state index in [4.69, 9.17) is 9.84 Å². The first-order valence-corrected chi connectivity index (χ1v) is 5.74. The van der Waals surface area contributed by atoms with Crippen molar-refractivity contribution >= 4 is 5.97 Å². The van der Waals surface area contributed by atoms with Gasteiger partial charge in [-0.2, -0.15) is 0 Å². The summed E-state index contributed by atoms with van der Waals surface area (Å²) in [5, 5.41) is 12.1. The molecule has 0 fully saturated rings. The van der Waals surface area contributed by atoms with Crippen LogP contribution in [0.3, 0.4) is 0 Å². The lowest BCUT2D eigenvalue weighted by atomic mass is 9.90. The molecule has 0 saturated carbocycles. The molecule has 0 radical (unpaired) electrons. The predicted molar refractivity (Wildman–Crippen MR) is 64.4 cm³/mol. The van der Waals surface area contributed by atoms with Gasteiger partial charge in [-0.1, -0.05) is 6.07 Å². The van der Waals surface area contributed by atoms with Crippen LogP contribution in [0.1, 0.15) is 29.2 Å². The van der Waals surface area contributed by atoms with Crippen molar-refractivity contribution in [2.24, 2.45) is 0 Å². The molecular formula is C13H17NO3. The quantitative estimate of drug-likeness (QED) is 0.836. The van der Waals surface area contributed by atoms with Gasteiger partial charge in [0.1, 0.15) is 5.75 Å². The molecule has 0 bridgehead atoms. The van der Waals surface area contributed by atoms with E-state index in [2.05, 4.69) is 11.4 Å². The van der Waals surface area contributed by atoms with Crippen molar-refractivity contribution < 1.29 is 14.6 Å². The van der Waals surface area contributed by atoms with Crippen molar-refractivity contribution in [3.8, 4) is 5.75 Å². The molecule has 0 aromatic heterocycles. The maximum atomic E-state index is 10.8. The van der Waals surface area contributed by atoms with E-state index in [1.165, 1.54) is 5.56 Å². The van der Waals surface area contributed by atoms with Crippen LogP contribution in [0.4, 0.5) is 0 Å². The van der Waals surface area contributed by atoms with Gasteiger partial charge in [0.05, 0.1) is 13.5 Å². The summed E-state index contributed by atoms with van der Waals surface area (Å²) >= 11 is 0. The molecule has 1 aliphatic heterocycles. The van der Waals surface area contributed by atoms with Gasteiger partial charge in [0, 0.05) is 6.04 Å². The number of hydrogen-bond acceptors (Lipinski definition) is 3. The molecule has 1 aromatic carbocycles. The van der Waals surface area contributed by atoms with Gasteiger partial charge in [0.15, 0.2) is 0 Å².